The fourth-order valence-corrected chi connectivity index (χ4v) is 2.26. The van der Waals surface area contributed by atoms with Crippen molar-refractivity contribution in [1.82, 2.24) is 10.2 Å². The van der Waals surface area contributed by atoms with E-state index in [9.17, 15) is 18.0 Å². The second-order valence-electron chi connectivity index (χ2n) is 5.30. The molecule has 9 heteroatoms. The number of carbonyl (C=O) groups excluding carboxylic acids is 1. The number of benzene rings is 1. The van der Waals surface area contributed by atoms with Crippen molar-refractivity contribution in [3.8, 4) is 11.5 Å². The topological polar surface area (TPSA) is 60.0 Å². The highest BCUT2D eigenvalue weighted by molar-refractivity contribution is 5.75. The number of nitrogens with one attached hydrogen (secondary N) is 1. The van der Waals surface area contributed by atoms with Crippen molar-refractivity contribution in [2.24, 2.45) is 0 Å². The summed E-state index contributed by atoms with van der Waals surface area (Å²) >= 11 is 0. The summed E-state index contributed by atoms with van der Waals surface area (Å²) < 4.78 is 51.1. The van der Waals surface area contributed by atoms with E-state index < -0.39 is 18.9 Å². The molecule has 1 fully saturated rings. The number of urea groups is 1. The van der Waals surface area contributed by atoms with Gasteiger partial charge in [-0.15, -0.1) is 0 Å². The number of alkyl halides is 3. The molecule has 0 spiro atoms. The molecule has 2 aliphatic rings. The Morgan fingerprint density at radius 2 is 2.04 bits per heavy atom. The SMILES string of the molecule is O=C(NCc1ccc2c(c1)OCO2)N1CC(OCC(F)(F)F)C1. The molecule has 1 aromatic rings. The highest BCUT2D eigenvalue weighted by Crippen LogP contribution is 2.32. The quantitative estimate of drug-likeness (QED) is 0.915. The summed E-state index contributed by atoms with van der Waals surface area (Å²) in [6.07, 6.45) is -4.91. The zero-order valence-corrected chi connectivity index (χ0v) is 12.1. The molecule has 0 radical (unpaired) electrons. The molecule has 0 aliphatic carbocycles. The fraction of sp³-hybridized carbons (Fsp3) is 0.500. The number of hydrogen-bond acceptors (Lipinski definition) is 4. The Morgan fingerprint density at radius 1 is 1.30 bits per heavy atom. The van der Waals surface area contributed by atoms with E-state index in [1.165, 1.54) is 4.90 Å². The first kappa shape index (κ1) is 15.7. The van der Waals surface area contributed by atoms with Crippen LogP contribution in [0.2, 0.25) is 0 Å². The Hall–Kier alpha value is -2.16. The molecule has 0 aromatic heterocycles. The molecule has 126 valence electrons. The molecule has 1 aromatic carbocycles. The highest BCUT2D eigenvalue weighted by atomic mass is 19.4. The van der Waals surface area contributed by atoms with E-state index in [0.717, 1.165) is 5.56 Å². The third-order valence-electron chi connectivity index (χ3n) is 3.50. The third-order valence-corrected chi connectivity index (χ3v) is 3.50. The lowest BCUT2D eigenvalue weighted by Crippen LogP contribution is -2.58. The number of hydrogen-bond donors (Lipinski definition) is 1. The van der Waals surface area contributed by atoms with E-state index in [2.05, 4.69) is 10.1 Å². The first-order valence-electron chi connectivity index (χ1n) is 7.00. The van der Waals surface area contributed by atoms with Gasteiger partial charge in [-0.05, 0) is 17.7 Å². The molecule has 2 heterocycles. The van der Waals surface area contributed by atoms with Gasteiger partial charge < -0.3 is 24.4 Å². The average Bonchev–Trinajstić information content (AvgIpc) is 2.89. The molecule has 1 saturated heterocycles. The molecule has 2 amide bonds. The summed E-state index contributed by atoms with van der Waals surface area (Å²) in [7, 11) is 0. The van der Waals surface area contributed by atoms with Gasteiger partial charge in [-0.3, -0.25) is 0 Å². The van der Waals surface area contributed by atoms with E-state index in [4.69, 9.17) is 9.47 Å². The molecule has 1 N–H and O–H groups in total. The van der Waals surface area contributed by atoms with Crippen LogP contribution in [0.1, 0.15) is 5.56 Å². The number of fused-ring (bicyclic) bond motifs is 1. The van der Waals surface area contributed by atoms with Gasteiger partial charge in [0.25, 0.3) is 0 Å². The number of amides is 2. The van der Waals surface area contributed by atoms with Gasteiger partial charge in [0.05, 0.1) is 19.2 Å². The van der Waals surface area contributed by atoms with Gasteiger partial charge in [0.15, 0.2) is 11.5 Å². The summed E-state index contributed by atoms with van der Waals surface area (Å²) in [5.41, 5.74) is 0.841. The lowest BCUT2D eigenvalue weighted by Gasteiger charge is -2.38. The van der Waals surface area contributed by atoms with Gasteiger partial charge in [-0.25, -0.2) is 4.79 Å². The van der Waals surface area contributed by atoms with Gasteiger partial charge in [0.2, 0.25) is 6.79 Å². The van der Waals surface area contributed by atoms with Crippen molar-refractivity contribution in [1.29, 1.82) is 0 Å². The minimum atomic E-state index is -4.35. The Kier molecular flexibility index (Phi) is 4.20. The predicted octanol–water partition coefficient (Wildman–Crippen LogP) is 1.89. The van der Waals surface area contributed by atoms with Gasteiger partial charge in [-0.2, -0.15) is 13.2 Å². The van der Waals surface area contributed by atoms with Crippen LogP contribution in [0.3, 0.4) is 0 Å². The van der Waals surface area contributed by atoms with E-state index in [-0.39, 0.29) is 25.9 Å². The van der Waals surface area contributed by atoms with E-state index >= 15 is 0 Å². The molecule has 0 unspecified atom stereocenters. The lowest BCUT2D eigenvalue weighted by atomic mass is 10.2. The monoisotopic (exact) mass is 332 g/mol. The fourth-order valence-electron chi connectivity index (χ4n) is 2.26. The average molecular weight is 332 g/mol. The molecular formula is C14H15F3N2O4. The molecule has 6 nitrogen and oxygen atoms in total. The number of likely N-dealkylation sites (tertiary alicyclic amines) is 1. The highest BCUT2D eigenvalue weighted by Gasteiger charge is 2.35. The van der Waals surface area contributed by atoms with E-state index in [0.29, 0.717) is 18.0 Å². The second kappa shape index (κ2) is 6.15. The van der Waals surface area contributed by atoms with Crippen LogP contribution in [0, 0.1) is 0 Å². The van der Waals surface area contributed by atoms with Crippen molar-refractivity contribution >= 4 is 6.03 Å². The minimum absolute atomic E-state index is 0.156. The summed E-state index contributed by atoms with van der Waals surface area (Å²) in [4.78, 5) is 13.3. The van der Waals surface area contributed by atoms with Crippen molar-refractivity contribution in [3.63, 3.8) is 0 Å². The van der Waals surface area contributed by atoms with Crippen LogP contribution in [0.15, 0.2) is 18.2 Å². The smallest absolute Gasteiger partial charge is 0.411 e. The van der Waals surface area contributed by atoms with Crippen molar-refractivity contribution in [2.75, 3.05) is 26.5 Å². The molecule has 3 rings (SSSR count). The van der Waals surface area contributed by atoms with E-state index in [1.807, 2.05) is 0 Å². The second-order valence-corrected chi connectivity index (χ2v) is 5.30. The van der Waals surface area contributed by atoms with E-state index in [1.54, 1.807) is 18.2 Å². The predicted molar refractivity (Wildman–Crippen MR) is 72.2 cm³/mol. The molecule has 0 atom stereocenters. The Morgan fingerprint density at radius 3 is 2.78 bits per heavy atom. The number of rotatable bonds is 4. The molecule has 0 saturated carbocycles. The van der Waals surface area contributed by atoms with Gasteiger partial charge in [0.1, 0.15) is 6.61 Å². The molecule has 0 bridgehead atoms. The van der Waals surface area contributed by atoms with Crippen LogP contribution >= 0.6 is 0 Å². The van der Waals surface area contributed by atoms with Crippen molar-refractivity contribution in [2.45, 2.75) is 18.8 Å². The third kappa shape index (κ3) is 3.98. The zero-order chi connectivity index (χ0) is 16.4. The Bertz CT molecular complexity index is 588. The number of ether oxygens (including phenoxy) is 3. The lowest BCUT2D eigenvalue weighted by molar-refractivity contribution is -0.195. The standard InChI is InChI=1S/C14H15F3N2O4/c15-14(16,17)7-21-10-5-19(6-10)13(20)18-4-9-1-2-11-12(3-9)23-8-22-11/h1-3,10H,4-8H2,(H,18,20). The van der Waals surface area contributed by atoms with Crippen LogP contribution < -0.4 is 14.8 Å². The van der Waals surface area contributed by atoms with Crippen LogP contribution in [0.4, 0.5) is 18.0 Å². The number of nitrogens with zero attached hydrogens (tertiary/aromatic N) is 1. The van der Waals surface area contributed by atoms with Gasteiger partial charge >= 0.3 is 12.2 Å². The molecule has 2 aliphatic heterocycles. The van der Waals surface area contributed by atoms with Crippen LogP contribution in [-0.2, 0) is 11.3 Å². The summed E-state index contributed by atoms with van der Waals surface area (Å²) in [5, 5.41) is 2.70. The van der Waals surface area contributed by atoms with Crippen LogP contribution in [-0.4, -0.2) is 49.7 Å². The first-order valence-corrected chi connectivity index (χ1v) is 7.00. The summed E-state index contributed by atoms with van der Waals surface area (Å²) in [6.45, 7) is -0.505. The minimum Gasteiger partial charge on any atom is -0.454 e. The Balaban J connectivity index is 1.39. The molecular weight excluding hydrogens is 317 g/mol. The first-order chi connectivity index (χ1) is 10.9. The van der Waals surface area contributed by atoms with Crippen molar-refractivity contribution < 1.29 is 32.2 Å². The van der Waals surface area contributed by atoms with Crippen molar-refractivity contribution in [3.05, 3.63) is 23.8 Å². The normalized spacial score (nSPS) is 17.1. The maximum absolute atomic E-state index is 12.0. The Labute approximate surface area is 130 Å². The maximum Gasteiger partial charge on any atom is 0.411 e. The summed E-state index contributed by atoms with van der Waals surface area (Å²) in [5.74, 6) is 1.29. The van der Waals surface area contributed by atoms with Gasteiger partial charge in [-0.1, -0.05) is 6.07 Å². The molecule has 23 heavy (non-hydrogen) atoms. The van der Waals surface area contributed by atoms with Gasteiger partial charge in [0, 0.05) is 6.54 Å². The largest absolute Gasteiger partial charge is 0.454 e. The maximum atomic E-state index is 12.0. The number of carbonyl (C=O) groups is 1. The summed E-state index contributed by atoms with van der Waals surface area (Å²) in [6, 6.07) is 5.00. The van der Waals surface area contributed by atoms with Crippen LogP contribution in [0.25, 0.3) is 0 Å². The number of halogens is 3. The van der Waals surface area contributed by atoms with Crippen LogP contribution in [0.5, 0.6) is 11.5 Å². The zero-order valence-electron chi connectivity index (χ0n) is 12.1.